The summed E-state index contributed by atoms with van der Waals surface area (Å²) < 4.78 is 4.88. The molecule has 2 aromatic carbocycles. The predicted molar refractivity (Wildman–Crippen MR) is 98.7 cm³/mol. The van der Waals surface area contributed by atoms with E-state index in [-0.39, 0.29) is 11.3 Å². The first-order chi connectivity index (χ1) is 12.9. The summed E-state index contributed by atoms with van der Waals surface area (Å²) in [7, 11) is 1.34. The Labute approximate surface area is 159 Å². The standard InChI is InChI=1S/C18H16ClN3O5/c1-20-18(26)22-15(23)10-27-17(25)13-4-2-3-5-14(13)21-16(24)11-6-8-12(19)9-7-11/h2-9H,10H2,1H3,(H,21,24)(H2,20,22,23,26). The lowest BCUT2D eigenvalue weighted by Gasteiger charge is -2.11. The van der Waals surface area contributed by atoms with Crippen molar-refractivity contribution in [3.8, 4) is 0 Å². The molecule has 0 aromatic heterocycles. The second-order valence-corrected chi connectivity index (χ2v) is 5.65. The van der Waals surface area contributed by atoms with Crippen LogP contribution in [0.5, 0.6) is 0 Å². The Balaban J connectivity index is 2.05. The number of para-hydroxylation sites is 1. The average Bonchev–Trinajstić information content (AvgIpc) is 2.66. The van der Waals surface area contributed by atoms with Crippen molar-refractivity contribution in [2.24, 2.45) is 0 Å². The van der Waals surface area contributed by atoms with Gasteiger partial charge in [-0.15, -0.1) is 0 Å². The van der Waals surface area contributed by atoms with Crippen molar-refractivity contribution >= 4 is 41.1 Å². The van der Waals surface area contributed by atoms with Crippen molar-refractivity contribution in [3.63, 3.8) is 0 Å². The van der Waals surface area contributed by atoms with E-state index in [9.17, 15) is 19.2 Å². The Morgan fingerprint density at radius 1 is 1.00 bits per heavy atom. The van der Waals surface area contributed by atoms with Gasteiger partial charge < -0.3 is 15.4 Å². The Hall–Kier alpha value is -3.39. The molecule has 0 saturated heterocycles. The van der Waals surface area contributed by atoms with Crippen molar-refractivity contribution in [2.75, 3.05) is 19.0 Å². The number of imide groups is 1. The predicted octanol–water partition coefficient (Wildman–Crippen LogP) is 2.20. The number of amides is 4. The molecule has 0 saturated carbocycles. The van der Waals surface area contributed by atoms with E-state index in [1.807, 2.05) is 5.32 Å². The highest BCUT2D eigenvalue weighted by atomic mass is 35.5. The lowest BCUT2D eigenvalue weighted by atomic mass is 10.1. The van der Waals surface area contributed by atoms with E-state index in [2.05, 4.69) is 10.6 Å². The van der Waals surface area contributed by atoms with Gasteiger partial charge >= 0.3 is 12.0 Å². The molecule has 2 rings (SSSR count). The topological polar surface area (TPSA) is 114 Å². The summed E-state index contributed by atoms with van der Waals surface area (Å²) in [5.74, 6) is -2.05. The zero-order valence-corrected chi connectivity index (χ0v) is 15.0. The first-order valence-electron chi connectivity index (χ1n) is 7.75. The lowest BCUT2D eigenvalue weighted by Crippen LogP contribution is -2.39. The van der Waals surface area contributed by atoms with Crippen LogP contribution in [0.3, 0.4) is 0 Å². The van der Waals surface area contributed by atoms with Crippen LogP contribution < -0.4 is 16.0 Å². The number of rotatable bonds is 5. The first kappa shape index (κ1) is 19.9. The van der Waals surface area contributed by atoms with Crippen LogP contribution in [0.2, 0.25) is 5.02 Å². The third-order valence-corrected chi connectivity index (χ3v) is 3.57. The van der Waals surface area contributed by atoms with Crippen molar-refractivity contribution in [3.05, 3.63) is 64.7 Å². The van der Waals surface area contributed by atoms with Crippen LogP contribution >= 0.6 is 11.6 Å². The summed E-state index contributed by atoms with van der Waals surface area (Å²) in [6, 6.07) is 11.7. The number of anilines is 1. The number of hydrogen-bond donors (Lipinski definition) is 3. The molecule has 4 amide bonds. The van der Waals surface area contributed by atoms with Gasteiger partial charge in [0, 0.05) is 17.6 Å². The van der Waals surface area contributed by atoms with E-state index in [0.29, 0.717) is 10.6 Å². The number of benzene rings is 2. The lowest BCUT2D eigenvalue weighted by molar-refractivity contribution is -0.123. The van der Waals surface area contributed by atoms with Gasteiger partial charge in [-0.25, -0.2) is 9.59 Å². The fraction of sp³-hybridized carbons (Fsp3) is 0.111. The van der Waals surface area contributed by atoms with Gasteiger partial charge in [0.1, 0.15) is 0 Å². The number of esters is 1. The maximum absolute atomic E-state index is 12.3. The number of urea groups is 1. The SMILES string of the molecule is CNC(=O)NC(=O)COC(=O)c1ccccc1NC(=O)c1ccc(Cl)cc1. The molecule has 0 aliphatic carbocycles. The molecule has 3 N–H and O–H groups in total. The van der Waals surface area contributed by atoms with Crippen molar-refractivity contribution in [1.29, 1.82) is 0 Å². The monoisotopic (exact) mass is 389 g/mol. The number of halogens is 1. The van der Waals surface area contributed by atoms with Gasteiger partial charge in [-0.1, -0.05) is 23.7 Å². The van der Waals surface area contributed by atoms with Gasteiger partial charge in [-0.2, -0.15) is 0 Å². The zero-order valence-electron chi connectivity index (χ0n) is 14.2. The molecule has 0 fully saturated rings. The summed E-state index contributed by atoms with van der Waals surface area (Å²) in [6.07, 6.45) is 0. The normalized spacial score (nSPS) is 9.85. The number of carbonyl (C=O) groups excluding carboxylic acids is 4. The molecule has 140 valence electrons. The van der Waals surface area contributed by atoms with E-state index in [4.69, 9.17) is 16.3 Å². The van der Waals surface area contributed by atoms with Gasteiger partial charge in [0.2, 0.25) is 0 Å². The molecule has 0 bridgehead atoms. The van der Waals surface area contributed by atoms with Gasteiger partial charge in [-0.05, 0) is 36.4 Å². The number of hydrogen-bond acceptors (Lipinski definition) is 5. The molecular formula is C18H16ClN3O5. The van der Waals surface area contributed by atoms with Crippen LogP contribution in [0.4, 0.5) is 10.5 Å². The molecule has 0 radical (unpaired) electrons. The van der Waals surface area contributed by atoms with Crippen molar-refractivity contribution in [1.82, 2.24) is 10.6 Å². The molecule has 0 heterocycles. The Morgan fingerprint density at radius 2 is 1.67 bits per heavy atom. The van der Waals surface area contributed by atoms with Crippen LogP contribution in [0.1, 0.15) is 20.7 Å². The van der Waals surface area contributed by atoms with Crippen LogP contribution in [0, 0.1) is 0 Å². The molecule has 8 nitrogen and oxygen atoms in total. The van der Waals surface area contributed by atoms with E-state index < -0.39 is 30.4 Å². The smallest absolute Gasteiger partial charge is 0.340 e. The molecule has 9 heteroatoms. The third-order valence-electron chi connectivity index (χ3n) is 3.32. The molecule has 0 spiro atoms. The largest absolute Gasteiger partial charge is 0.452 e. The number of ether oxygens (including phenoxy) is 1. The van der Waals surface area contributed by atoms with Crippen LogP contribution in [-0.4, -0.2) is 37.5 Å². The molecule has 0 aliphatic rings. The zero-order chi connectivity index (χ0) is 19.8. The van der Waals surface area contributed by atoms with Crippen molar-refractivity contribution < 1.29 is 23.9 Å². The van der Waals surface area contributed by atoms with Gasteiger partial charge in [0.05, 0.1) is 11.3 Å². The van der Waals surface area contributed by atoms with Crippen molar-refractivity contribution in [2.45, 2.75) is 0 Å². The quantitative estimate of drug-likeness (QED) is 0.678. The summed E-state index contributed by atoms with van der Waals surface area (Å²) in [5.41, 5.74) is 0.634. The molecule has 0 aliphatic heterocycles. The maximum Gasteiger partial charge on any atom is 0.340 e. The third kappa shape index (κ3) is 5.82. The Bertz CT molecular complexity index is 868. The van der Waals surface area contributed by atoms with E-state index in [0.717, 1.165) is 0 Å². The summed E-state index contributed by atoms with van der Waals surface area (Å²) in [5, 5.41) is 7.26. The van der Waals surface area contributed by atoms with Crippen LogP contribution in [0.15, 0.2) is 48.5 Å². The summed E-state index contributed by atoms with van der Waals surface area (Å²) in [4.78, 5) is 47.0. The maximum atomic E-state index is 12.3. The highest BCUT2D eigenvalue weighted by Gasteiger charge is 2.17. The molecule has 2 aromatic rings. The second kappa shape index (κ2) is 9.35. The molecule has 27 heavy (non-hydrogen) atoms. The van der Waals surface area contributed by atoms with Crippen LogP contribution in [0.25, 0.3) is 0 Å². The fourth-order valence-electron chi connectivity index (χ4n) is 2.00. The summed E-state index contributed by atoms with van der Waals surface area (Å²) in [6.45, 7) is -0.647. The minimum absolute atomic E-state index is 0.0626. The van der Waals surface area contributed by atoms with E-state index in [1.165, 1.54) is 19.2 Å². The van der Waals surface area contributed by atoms with E-state index >= 15 is 0 Å². The molecule has 0 atom stereocenters. The second-order valence-electron chi connectivity index (χ2n) is 5.21. The Kier molecular flexibility index (Phi) is 6.90. The summed E-state index contributed by atoms with van der Waals surface area (Å²) >= 11 is 5.79. The van der Waals surface area contributed by atoms with Gasteiger partial charge in [0.15, 0.2) is 6.61 Å². The molecule has 0 unspecified atom stereocenters. The average molecular weight is 390 g/mol. The fourth-order valence-corrected chi connectivity index (χ4v) is 2.13. The minimum Gasteiger partial charge on any atom is -0.452 e. The Morgan fingerprint density at radius 3 is 2.33 bits per heavy atom. The highest BCUT2D eigenvalue weighted by molar-refractivity contribution is 6.30. The first-order valence-corrected chi connectivity index (χ1v) is 8.13. The van der Waals surface area contributed by atoms with Gasteiger partial charge in [0.25, 0.3) is 11.8 Å². The molecular weight excluding hydrogens is 374 g/mol. The van der Waals surface area contributed by atoms with E-state index in [1.54, 1.807) is 36.4 Å². The minimum atomic E-state index is -0.825. The number of carbonyl (C=O) groups is 4. The van der Waals surface area contributed by atoms with Gasteiger partial charge in [-0.3, -0.25) is 14.9 Å². The highest BCUT2D eigenvalue weighted by Crippen LogP contribution is 2.18. The number of nitrogens with one attached hydrogen (secondary N) is 3. The van der Waals surface area contributed by atoms with Crippen LogP contribution in [-0.2, 0) is 9.53 Å².